The van der Waals surface area contributed by atoms with Crippen LogP contribution in [0.5, 0.6) is 0 Å². The molecule has 0 aromatic heterocycles. The van der Waals surface area contributed by atoms with Crippen molar-refractivity contribution in [1.29, 1.82) is 0 Å². The second-order valence-electron chi connectivity index (χ2n) is 4.65. The molecule has 2 atom stereocenters. The van der Waals surface area contributed by atoms with E-state index >= 15 is 0 Å². The molecule has 84 valence electrons. The zero-order chi connectivity index (χ0) is 11.0. The number of hydrogen-bond donors (Lipinski definition) is 0. The zero-order valence-corrected chi connectivity index (χ0v) is 9.91. The molecular formula is C14H15ClO. The lowest BCUT2D eigenvalue weighted by atomic mass is 9.80. The van der Waals surface area contributed by atoms with Crippen LogP contribution in [0.3, 0.4) is 0 Å². The van der Waals surface area contributed by atoms with Gasteiger partial charge in [0.05, 0.1) is 6.61 Å². The topological polar surface area (TPSA) is 12.5 Å². The predicted molar refractivity (Wildman–Crippen MR) is 65.6 cm³/mol. The number of halogens is 1. The van der Waals surface area contributed by atoms with Gasteiger partial charge in [0.2, 0.25) is 0 Å². The molecule has 1 aliphatic heterocycles. The summed E-state index contributed by atoms with van der Waals surface area (Å²) >= 11 is 5.91. The lowest BCUT2D eigenvalue weighted by Crippen LogP contribution is -2.21. The maximum Gasteiger partial charge on any atom is 0.123 e. The SMILES string of the molecule is Clc1ccc(C2(C3C=CCCC3)CO2)cc1. The molecule has 2 unspecified atom stereocenters. The van der Waals surface area contributed by atoms with Crippen molar-refractivity contribution in [2.75, 3.05) is 6.61 Å². The van der Waals surface area contributed by atoms with Crippen molar-refractivity contribution >= 4 is 11.6 Å². The summed E-state index contributed by atoms with van der Waals surface area (Å²) in [5.41, 5.74) is 1.23. The van der Waals surface area contributed by atoms with Crippen molar-refractivity contribution < 1.29 is 4.74 Å². The fourth-order valence-electron chi connectivity index (χ4n) is 2.61. The van der Waals surface area contributed by atoms with Crippen LogP contribution in [0.15, 0.2) is 36.4 Å². The van der Waals surface area contributed by atoms with Gasteiger partial charge in [-0.1, -0.05) is 35.9 Å². The Labute approximate surface area is 101 Å². The van der Waals surface area contributed by atoms with E-state index in [9.17, 15) is 0 Å². The van der Waals surface area contributed by atoms with Crippen molar-refractivity contribution in [2.45, 2.75) is 24.9 Å². The molecule has 1 nitrogen and oxygen atoms in total. The molecule has 0 N–H and O–H groups in total. The molecule has 1 saturated heterocycles. The summed E-state index contributed by atoms with van der Waals surface area (Å²) in [6.07, 6.45) is 8.34. The summed E-state index contributed by atoms with van der Waals surface area (Å²) in [7, 11) is 0. The Balaban J connectivity index is 1.90. The fraction of sp³-hybridized carbons (Fsp3) is 0.429. The monoisotopic (exact) mass is 234 g/mol. The van der Waals surface area contributed by atoms with Gasteiger partial charge in [0.15, 0.2) is 0 Å². The Kier molecular flexibility index (Phi) is 2.53. The van der Waals surface area contributed by atoms with Gasteiger partial charge >= 0.3 is 0 Å². The van der Waals surface area contributed by atoms with Gasteiger partial charge in [-0.2, -0.15) is 0 Å². The second kappa shape index (κ2) is 3.90. The molecule has 1 fully saturated rings. The highest BCUT2D eigenvalue weighted by molar-refractivity contribution is 6.30. The van der Waals surface area contributed by atoms with E-state index in [1.807, 2.05) is 12.1 Å². The quantitative estimate of drug-likeness (QED) is 0.558. The highest BCUT2D eigenvalue weighted by Gasteiger charge is 2.51. The molecular weight excluding hydrogens is 220 g/mol. The number of hydrogen-bond acceptors (Lipinski definition) is 1. The van der Waals surface area contributed by atoms with Gasteiger partial charge in [0.25, 0.3) is 0 Å². The Morgan fingerprint density at radius 2 is 2.00 bits per heavy atom. The van der Waals surface area contributed by atoms with Crippen LogP contribution in [-0.4, -0.2) is 6.61 Å². The first-order chi connectivity index (χ1) is 7.81. The van der Waals surface area contributed by atoms with Gasteiger partial charge in [-0.05, 0) is 37.0 Å². The van der Waals surface area contributed by atoms with Crippen LogP contribution in [-0.2, 0) is 10.3 Å². The van der Waals surface area contributed by atoms with Gasteiger partial charge in [-0.3, -0.25) is 0 Å². The average molecular weight is 235 g/mol. The summed E-state index contributed by atoms with van der Waals surface area (Å²) < 4.78 is 5.77. The fourth-order valence-corrected chi connectivity index (χ4v) is 2.73. The Morgan fingerprint density at radius 1 is 1.25 bits per heavy atom. The molecule has 1 heterocycles. The summed E-state index contributed by atoms with van der Waals surface area (Å²) in [5.74, 6) is 0.544. The standard InChI is InChI=1S/C14H15ClO/c15-13-8-6-12(7-9-13)14(10-16-14)11-4-2-1-3-5-11/h2,4,6-9,11H,1,3,5,10H2. The van der Waals surface area contributed by atoms with Gasteiger partial charge in [0, 0.05) is 10.9 Å². The van der Waals surface area contributed by atoms with Gasteiger partial charge < -0.3 is 4.74 Å². The molecule has 0 bridgehead atoms. The molecule has 0 saturated carbocycles. The van der Waals surface area contributed by atoms with Crippen molar-refractivity contribution in [1.82, 2.24) is 0 Å². The molecule has 1 aromatic rings. The molecule has 2 heteroatoms. The third kappa shape index (κ3) is 1.68. The molecule has 0 spiro atoms. The summed E-state index contributed by atoms with van der Waals surface area (Å²) in [6, 6.07) is 8.09. The number of epoxide rings is 1. The third-order valence-corrected chi connectivity index (χ3v) is 3.89. The van der Waals surface area contributed by atoms with Crippen molar-refractivity contribution in [3.63, 3.8) is 0 Å². The van der Waals surface area contributed by atoms with Crippen LogP contribution >= 0.6 is 11.6 Å². The average Bonchev–Trinajstić information content (AvgIpc) is 3.13. The molecule has 1 aliphatic carbocycles. The first-order valence-electron chi connectivity index (χ1n) is 5.88. The van der Waals surface area contributed by atoms with Crippen molar-refractivity contribution in [2.24, 2.45) is 5.92 Å². The Morgan fingerprint density at radius 3 is 2.56 bits per heavy atom. The van der Waals surface area contributed by atoms with E-state index in [4.69, 9.17) is 16.3 Å². The first kappa shape index (κ1) is 10.4. The van der Waals surface area contributed by atoms with Crippen LogP contribution in [0.25, 0.3) is 0 Å². The van der Waals surface area contributed by atoms with E-state index in [1.165, 1.54) is 24.8 Å². The Bertz CT molecular complexity index is 403. The normalized spacial score (nSPS) is 32.7. The van der Waals surface area contributed by atoms with Gasteiger partial charge in [-0.25, -0.2) is 0 Å². The van der Waals surface area contributed by atoms with Crippen molar-refractivity contribution in [3.05, 3.63) is 47.0 Å². The van der Waals surface area contributed by atoms with Crippen molar-refractivity contribution in [3.8, 4) is 0 Å². The number of rotatable bonds is 2. The maximum atomic E-state index is 5.91. The van der Waals surface area contributed by atoms with Gasteiger partial charge in [0.1, 0.15) is 5.60 Å². The summed E-state index contributed by atoms with van der Waals surface area (Å²) in [5, 5.41) is 0.790. The summed E-state index contributed by atoms with van der Waals surface area (Å²) in [6.45, 7) is 0.851. The number of ether oxygens (including phenoxy) is 1. The van der Waals surface area contributed by atoms with Crippen LogP contribution in [0.1, 0.15) is 24.8 Å². The molecule has 2 aliphatic rings. The molecule has 3 rings (SSSR count). The Hall–Kier alpha value is -0.790. The van der Waals surface area contributed by atoms with E-state index < -0.39 is 0 Å². The minimum atomic E-state index is -0.0402. The van der Waals surface area contributed by atoms with E-state index in [2.05, 4.69) is 24.3 Å². The molecule has 16 heavy (non-hydrogen) atoms. The van der Waals surface area contributed by atoms with Crippen LogP contribution in [0.4, 0.5) is 0 Å². The highest BCUT2D eigenvalue weighted by Crippen LogP contribution is 2.49. The van der Waals surface area contributed by atoms with E-state index in [0.29, 0.717) is 5.92 Å². The summed E-state index contributed by atoms with van der Waals surface area (Å²) in [4.78, 5) is 0. The molecule has 0 amide bonds. The van der Waals surface area contributed by atoms with Gasteiger partial charge in [-0.15, -0.1) is 0 Å². The second-order valence-corrected chi connectivity index (χ2v) is 5.09. The molecule has 0 radical (unpaired) electrons. The minimum absolute atomic E-state index is 0.0402. The maximum absolute atomic E-state index is 5.91. The number of benzene rings is 1. The van der Waals surface area contributed by atoms with E-state index in [1.54, 1.807) is 0 Å². The zero-order valence-electron chi connectivity index (χ0n) is 9.16. The largest absolute Gasteiger partial charge is 0.364 e. The lowest BCUT2D eigenvalue weighted by Gasteiger charge is -2.24. The smallest absolute Gasteiger partial charge is 0.123 e. The van der Waals surface area contributed by atoms with Crippen LogP contribution < -0.4 is 0 Å². The molecule has 1 aromatic carbocycles. The third-order valence-electron chi connectivity index (χ3n) is 3.64. The van der Waals surface area contributed by atoms with Crippen LogP contribution in [0, 0.1) is 5.92 Å². The highest BCUT2D eigenvalue weighted by atomic mass is 35.5. The number of allylic oxidation sites excluding steroid dienone is 1. The van der Waals surface area contributed by atoms with E-state index in [-0.39, 0.29) is 5.60 Å². The van der Waals surface area contributed by atoms with Crippen LogP contribution in [0.2, 0.25) is 5.02 Å². The van der Waals surface area contributed by atoms with E-state index in [0.717, 1.165) is 11.6 Å². The predicted octanol–water partition coefficient (Wildman–Crippen LogP) is 3.92. The first-order valence-corrected chi connectivity index (χ1v) is 6.26. The lowest BCUT2D eigenvalue weighted by molar-refractivity contribution is 0.234. The minimum Gasteiger partial charge on any atom is -0.364 e.